The van der Waals surface area contributed by atoms with Crippen LogP contribution in [-0.2, 0) is 25.7 Å². The Hall–Kier alpha value is -2.57. The Morgan fingerprint density at radius 1 is 1.39 bits per heavy atom. The van der Waals surface area contributed by atoms with Gasteiger partial charge in [-0.15, -0.1) is 11.8 Å². The summed E-state index contributed by atoms with van der Waals surface area (Å²) < 4.78 is 5.96. The minimum absolute atomic E-state index is 0.0685. The second-order valence-corrected chi connectivity index (χ2v) is 9.44. The molecule has 2 amide bonds. The molecule has 1 aromatic rings. The maximum atomic E-state index is 12.8. The Bertz CT molecular complexity index is 933. The van der Waals surface area contributed by atoms with Gasteiger partial charge < -0.3 is 15.2 Å². The number of hydrogen-bond acceptors (Lipinski definition) is 9. The first kappa shape index (κ1) is 23.1. The highest BCUT2D eigenvalue weighted by Gasteiger charge is 2.58. The Kier molecular flexibility index (Phi) is 7.23. The summed E-state index contributed by atoms with van der Waals surface area (Å²) in [5.41, 5.74) is 0.631. The van der Waals surface area contributed by atoms with E-state index in [4.69, 9.17) is 4.74 Å². The molecular weight excluding hydrogens is 446 g/mol. The van der Waals surface area contributed by atoms with E-state index in [9.17, 15) is 29.6 Å². The van der Waals surface area contributed by atoms with E-state index >= 15 is 0 Å². The largest absolute Gasteiger partial charge is 0.456 e. The molecule has 2 aliphatic heterocycles. The lowest BCUT2D eigenvalue weighted by atomic mass is 9.92. The standard InChI is InChI=1S/C19H21N3O7S2/c1-10(23)14-16(25)21-15(19(31-17(14)21)30-8-7-20-11(2)24)18(26)29-9-12-3-5-13(6-4-12)22(27)28/h3-6,10,14,17,23H,7-9H2,1-2H3,(H,20,24)/t10?,14?,17-/m0/s1. The topological polar surface area (TPSA) is 139 Å². The lowest BCUT2D eigenvalue weighted by Gasteiger charge is -2.43. The highest BCUT2D eigenvalue weighted by molar-refractivity contribution is 8.22. The summed E-state index contributed by atoms with van der Waals surface area (Å²) in [4.78, 5) is 47.9. The SMILES string of the molecule is CC(=O)NCCSC1=C(C(=O)OCc2ccc([N+](=O)[O-])cc2)N2C(=O)C(C(C)O)[C@@H]2S1. The third kappa shape index (κ3) is 5.02. The van der Waals surface area contributed by atoms with Crippen LogP contribution in [0.15, 0.2) is 34.2 Å². The van der Waals surface area contributed by atoms with Gasteiger partial charge in [0.25, 0.3) is 5.69 Å². The maximum absolute atomic E-state index is 12.8. The summed E-state index contributed by atoms with van der Waals surface area (Å²) in [7, 11) is 0. The molecule has 0 saturated carbocycles. The van der Waals surface area contributed by atoms with Crippen LogP contribution < -0.4 is 5.32 Å². The zero-order valence-corrected chi connectivity index (χ0v) is 18.4. The molecule has 166 valence electrons. The van der Waals surface area contributed by atoms with Crippen molar-refractivity contribution in [2.45, 2.75) is 31.9 Å². The van der Waals surface area contributed by atoms with Crippen molar-refractivity contribution in [2.24, 2.45) is 5.92 Å². The number of carbonyl (C=O) groups is 3. The number of aliphatic hydroxyl groups excluding tert-OH is 1. The Morgan fingerprint density at radius 3 is 2.65 bits per heavy atom. The van der Waals surface area contributed by atoms with E-state index < -0.39 is 22.9 Å². The molecule has 2 unspecified atom stereocenters. The van der Waals surface area contributed by atoms with Gasteiger partial charge in [-0.2, -0.15) is 0 Å². The van der Waals surface area contributed by atoms with Gasteiger partial charge in [-0.05, 0) is 24.6 Å². The van der Waals surface area contributed by atoms with E-state index in [1.54, 1.807) is 0 Å². The average Bonchev–Trinajstić information content (AvgIpc) is 3.03. The van der Waals surface area contributed by atoms with E-state index in [0.29, 0.717) is 22.1 Å². The number of benzene rings is 1. The minimum Gasteiger partial charge on any atom is -0.456 e. The highest BCUT2D eigenvalue weighted by atomic mass is 32.2. The molecule has 2 aliphatic rings. The number of β-lactam (4-membered cyclic amide) rings is 1. The summed E-state index contributed by atoms with van der Waals surface area (Å²) in [5.74, 6) is -1.30. The van der Waals surface area contributed by atoms with Crippen LogP contribution in [0.4, 0.5) is 5.69 Å². The molecular formula is C19H21N3O7S2. The van der Waals surface area contributed by atoms with Crippen LogP contribution in [0.2, 0.25) is 0 Å². The van der Waals surface area contributed by atoms with Crippen LogP contribution >= 0.6 is 23.5 Å². The number of aliphatic hydroxyl groups is 1. The van der Waals surface area contributed by atoms with Gasteiger partial charge in [0.05, 0.1) is 21.2 Å². The molecule has 0 spiro atoms. The van der Waals surface area contributed by atoms with Gasteiger partial charge in [-0.3, -0.25) is 24.6 Å². The number of esters is 1. The zero-order valence-electron chi connectivity index (χ0n) is 16.8. The molecule has 1 aromatic carbocycles. The molecule has 2 heterocycles. The summed E-state index contributed by atoms with van der Waals surface area (Å²) in [6, 6.07) is 5.62. The van der Waals surface area contributed by atoms with Crippen molar-refractivity contribution in [3.8, 4) is 0 Å². The zero-order chi connectivity index (χ0) is 22.7. The van der Waals surface area contributed by atoms with Gasteiger partial charge in [0.2, 0.25) is 11.8 Å². The predicted molar refractivity (Wildman–Crippen MR) is 114 cm³/mol. The molecule has 0 bridgehead atoms. The van der Waals surface area contributed by atoms with Crippen LogP contribution in [0, 0.1) is 16.0 Å². The van der Waals surface area contributed by atoms with Gasteiger partial charge in [0.15, 0.2) is 5.70 Å². The molecule has 10 nitrogen and oxygen atoms in total. The van der Waals surface area contributed by atoms with E-state index in [-0.39, 0.29) is 35.2 Å². The number of ether oxygens (including phenoxy) is 1. The van der Waals surface area contributed by atoms with Crippen LogP contribution in [0.25, 0.3) is 0 Å². The lowest BCUT2D eigenvalue weighted by Crippen LogP contribution is -2.60. The van der Waals surface area contributed by atoms with E-state index in [1.807, 2.05) is 0 Å². The van der Waals surface area contributed by atoms with Crippen molar-refractivity contribution in [3.63, 3.8) is 0 Å². The lowest BCUT2D eigenvalue weighted by molar-refractivity contribution is -0.384. The normalized spacial score (nSPS) is 20.7. The number of rotatable bonds is 9. The van der Waals surface area contributed by atoms with Crippen molar-refractivity contribution < 1.29 is 29.2 Å². The monoisotopic (exact) mass is 467 g/mol. The van der Waals surface area contributed by atoms with Crippen molar-refractivity contribution >= 4 is 47.0 Å². The van der Waals surface area contributed by atoms with E-state index in [1.165, 1.54) is 66.5 Å². The quantitative estimate of drug-likeness (QED) is 0.182. The molecule has 0 radical (unpaired) electrons. The van der Waals surface area contributed by atoms with E-state index in [0.717, 1.165) is 0 Å². The van der Waals surface area contributed by atoms with Crippen molar-refractivity contribution in [2.75, 3.05) is 12.3 Å². The molecule has 3 rings (SSSR count). The van der Waals surface area contributed by atoms with Crippen molar-refractivity contribution in [3.05, 3.63) is 49.9 Å². The molecule has 0 aromatic heterocycles. The molecule has 31 heavy (non-hydrogen) atoms. The first-order valence-corrected chi connectivity index (χ1v) is 11.3. The third-order valence-electron chi connectivity index (χ3n) is 4.69. The van der Waals surface area contributed by atoms with Crippen LogP contribution in [0.3, 0.4) is 0 Å². The van der Waals surface area contributed by atoms with E-state index in [2.05, 4.69) is 5.32 Å². The Labute approximate surface area is 186 Å². The van der Waals surface area contributed by atoms with Gasteiger partial charge in [0, 0.05) is 31.4 Å². The van der Waals surface area contributed by atoms with Gasteiger partial charge in [0.1, 0.15) is 12.0 Å². The summed E-state index contributed by atoms with van der Waals surface area (Å²) >= 11 is 2.65. The maximum Gasteiger partial charge on any atom is 0.357 e. The molecule has 1 saturated heterocycles. The number of nitro groups is 1. The number of nitrogens with one attached hydrogen (secondary N) is 1. The van der Waals surface area contributed by atoms with Gasteiger partial charge >= 0.3 is 5.97 Å². The Balaban J connectivity index is 1.70. The van der Waals surface area contributed by atoms with Crippen molar-refractivity contribution in [1.82, 2.24) is 10.2 Å². The molecule has 2 N–H and O–H groups in total. The minimum atomic E-state index is -0.845. The number of nitro benzene ring substituents is 1. The van der Waals surface area contributed by atoms with Crippen LogP contribution in [0.5, 0.6) is 0 Å². The summed E-state index contributed by atoms with van der Waals surface area (Å²) in [6.07, 6.45) is -0.845. The summed E-state index contributed by atoms with van der Waals surface area (Å²) in [6.45, 7) is 3.23. The number of fused-ring (bicyclic) bond motifs is 1. The number of non-ortho nitro benzene ring substituents is 1. The smallest absolute Gasteiger partial charge is 0.357 e. The fourth-order valence-electron chi connectivity index (χ4n) is 3.14. The molecule has 3 atom stereocenters. The second kappa shape index (κ2) is 9.71. The fraction of sp³-hybridized carbons (Fsp3) is 0.421. The first-order valence-electron chi connectivity index (χ1n) is 9.40. The number of hydrogen-bond donors (Lipinski definition) is 2. The van der Waals surface area contributed by atoms with Crippen LogP contribution in [0.1, 0.15) is 19.4 Å². The third-order valence-corrected chi connectivity index (χ3v) is 7.34. The van der Waals surface area contributed by atoms with Gasteiger partial charge in [-0.1, -0.05) is 11.8 Å². The predicted octanol–water partition coefficient (Wildman–Crippen LogP) is 1.59. The second-order valence-electron chi connectivity index (χ2n) is 6.95. The highest BCUT2D eigenvalue weighted by Crippen LogP contribution is 2.53. The molecule has 1 fully saturated rings. The first-order chi connectivity index (χ1) is 14.7. The number of carbonyl (C=O) groups excluding carboxylic acids is 3. The number of amides is 2. The van der Waals surface area contributed by atoms with Crippen LogP contribution in [-0.4, -0.2) is 56.5 Å². The molecule has 12 heteroatoms. The van der Waals surface area contributed by atoms with Crippen molar-refractivity contribution in [1.29, 1.82) is 0 Å². The molecule has 0 aliphatic carbocycles. The van der Waals surface area contributed by atoms with Gasteiger partial charge in [-0.25, -0.2) is 4.79 Å². The summed E-state index contributed by atoms with van der Waals surface area (Å²) in [5, 5.41) is 22.9. The fourth-order valence-corrected chi connectivity index (χ4v) is 5.99. The number of thioether (sulfide) groups is 2. The Morgan fingerprint density at radius 2 is 2.06 bits per heavy atom. The average molecular weight is 468 g/mol. The number of nitrogens with zero attached hydrogens (tertiary/aromatic N) is 2.